The van der Waals surface area contributed by atoms with E-state index in [1.54, 1.807) is 0 Å². The van der Waals surface area contributed by atoms with Crippen LogP contribution < -0.4 is 5.32 Å². The Balaban J connectivity index is 1.77. The molecule has 2 fully saturated rings. The Bertz CT molecular complexity index is 448. The highest BCUT2D eigenvalue weighted by molar-refractivity contribution is 5.21. The molecule has 1 aromatic carbocycles. The van der Waals surface area contributed by atoms with Gasteiger partial charge in [-0.25, -0.2) is 13.2 Å². The van der Waals surface area contributed by atoms with Crippen molar-refractivity contribution in [3.05, 3.63) is 35.4 Å². The molecule has 1 nitrogen and oxygen atoms in total. The molecule has 2 bridgehead atoms. The molecule has 18 heavy (non-hydrogen) atoms. The molecule has 0 aliphatic carbocycles. The number of fused-ring (bicyclic) bond motifs is 2. The Hall–Kier alpha value is -1.03. The Kier molecular flexibility index (Phi) is 2.85. The van der Waals surface area contributed by atoms with Crippen LogP contribution in [0.4, 0.5) is 13.2 Å². The first-order valence-corrected chi connectivity index (χ1v) is 6.43. The SMILES string of the molecule is Fc1ccc(CC2(F)CC3CCC(C2)N3)cc1F. The lowest BCUT2D eigenvalue weighted by Gasteiger charge is -2.35. The summed E-state index contributed by atoms with van der Waals surface area (Å²) in [7, 11) is 0. The summed E-state index contributed by atoms with van der Waals surface area (Å²) in [6.45, 7) is 0. The standard InChI is InChI=1S/C14H16F3N/c15-12-4-1-9(5-13(12)16)6-14(17)7-10-2-3-11(8-14)18-10/h1,4-5,10-11,18H,2-3,6-8H2. The maximum absolute atomic E-state index is 14.8. The van der Waals surface area contributed by atoms with E-state index in [0.29, 0.717) is 18.4 Å². The summed E-state index contributed by atoms with van der Waals surface area (Å²) in [5.74, 6) is -1.77. The van der Waals surface area contributed by atoms with E-state index < -0.39 is 17.3 Å². The van der Waals surface area contributed by atoms with Gasteiger partial charge in [0.15, 0.2) is 11.6 Å². The van der Waals surface area contributed by atoms with Gasteiger partial charge in [-0.2, -0.15) is 0 Å². The van der Waals surface area contributed by atoms with Crippen molar-refractivity contribution in [3.63, 3.8) is 0 Å². The smallest absolute Gasteiger partial charge is 0.159 e. The summed E-state index contributed by atoms with van der Waals surface area (Å²) < 4.78 is 40.7. The number of benzene rings is 1. The molecule has 2 heterocycles. The van der Waals surface area contributed by atoms with Crippen molar-refractivity contribution in [1.82, 2.24) is 5.32 Å². The predicted octanol–water partition coefficient (Wildman–Crippen LogP) is 3.13. The van der Waals surface area contributed by atoms with E-state index >= 15 is 0 Å². The topological polar surface area (TPSA) is 12.0 Å². The Morgan fingerprint density at radius 3 is 2.39 bits per heavy atom. The quantitative estimate of drug-likeness (QED) is 0.856. The van der Waals surface area contributed by atoms with Gasteiger partial charge in [-0.05, 0) is 43.4 Å². The van der Waals surface area contributed by atoms with Gasteiger partial charge in [0, 0.05) is 18.5 Å². The molecule has 2 aliphatic heterocycles. The van der Waals surface area contributed by atoms with Gasteiger partial charge < -0.3 is 5.32 Å². The molecule has 2 aliphatic rings. The number of piperidine rings is 1. The molecule has 2 saturated heterocycles. The van der Waals surface area contributed by atoms with Crippen LogP contribution in [0, 0.1) is 11.6 Å². The first-order chi connectivity index (χ1) is 8.54. The monoisotopic (exact) mass is 255 g/mol. The van der Waals surface area contributed by atoms with Crippen LogP contribution in [0.15, 0.2) is 18.2 Å². The van der Waals surface area contributed by atoms with Gasteiger partial charge in [-0.15, -0.1) is 0 Å². The van der Waals surface area contributed by atoms with Crippen LogP contribution in [0.5, 0.6) is 0 Å². The highest BCUT2D eigenvalue weighted by Gasteiger charge is 2.43. The molecule has 0 amide bonds. The summed E-state index contributed by atoms with van der Waals surface area (Å²) in [5.41, 5.74) is -0.737. The molecule has 1 aromatic rings. The van der Waals surface area contributed by atoms with Crippen molar-refractivity contribution in [1.29, 1.82) is 0 Å². The molecule has 0 radical (unpaired) electrons. The van der Waals surface area contributed by atoms with E-state index in [1.807, 2.05) is 0 Å². The van der Waals surface area contributed by atoms with Gasteiger partial charge >= 0.3 is 0 Å². The average molecular weight is 255 g/mol. The molecule has 0 spiro atoms. The third-order valence-corrected chi connectivity index (χ3v) is 4.06. The lowest BCUT2D eigenvalue weighted by Crippen LogP contribution is -2.47. The fourth-order valence-corrected chi connectivity index (χ4v) is 3.35. The Morgan fingerprint density at radius 1 is 1.11 bits per heavy atom. The van der Waals surface area contributed by atoms with E-state index in [9.17, 15) is 13.2 Å². The Morgan fingerprint density at radius 2 is 1.78 bits per heavy atom. The van der Waals surface area contributed by atoms with E-state index in [-0.39, 0.29) is 18.5 Å². The summed E-state index contributed by atoms with van der Waals surface area (Å²) in [5, 5.41) is 3.38. The van der Waals surface area contributed by atoms with Gasteiger partial charge in [0.1, 0.15) is 5.67 Å². The van der Waals surface area contributed by atoms with Crippen molar-refractivity contribution in [2.24, 2.45) is 0 Å². The molecule has 0 aromatic heterocycles. The molecular formula is C14H16F3N. The lowest BCUT2D eigenvalue weighted by molar-refractivity contribution is 0.0893. The molecule has 2 atom stereocenters. The molecule has 2 unspecified atom stereocenters. The van der Waals surface area contributed by atoms with Gasteiger partial charge in [0.2, 0.25) is 0 Å². The summed E-state index contributed by atoms with van der Waals surface area (Å²) >= 11 is 0. The van der Waals surface area contributed by atoms with E-state index in [1.165, 1.54) is 6.07 Å². The van der Waals surface area contributed by atoms with Crippen LogP contribution in [0.3, 0.4) is 0 Å². The van der Waals surface area contributed by atoms with Crippen LogP contribution in [0.1, 0.15) is 31.2 Å². The van der Waals surface area contributed by atoms with Crippen LogP contribution >= 0.6 is 0 Å². The maximum Gasteiger partial charge on any atom is 0.159 e. The minimum Gasteiger partial charge on any atom is -0.311 e. The number of alkyl halides is 1. The number of nitrogens with one attached hydrogen (secondary N) is 1. The largest absolute Gasteiger partial charge is 0.311 e. The Labute approximate surface area is 104 Å². The van der Waals surface area contributed by atoms with Gasteiger partial charge in [0.25, 0.3) is 0 Å². The summed E-state index contributed by atoms with van der Waals surface area (Å²) in [4.78, 5) is 0. The maximum atomic E-state index is 14.8. The second-order valence-corrected chi connectivity index (χ2v) is 5.62. The van der Waals surface area contributed by atoms with Gasteiger partial charge in [-0.3, -0.25) is 0 Å². The number of hydrogen-bond donors (Lipinski definition) is 1. The first-order valence-electron chi connectivity index (χ1n) is 6.43. The normalized spacial score (nSPS) is 34.8. The van der Waals surface area contributed by atoms with Crippen molar-refractivity contribution in [2.75, 3.05) is 0 Å². The minimum absolute atomic E-state index is 0.179. The van der Waals surface area contributed by atoms with Crippen LogP contribution in [0.2, 0.25) is 0 Å². The highest BCUT2D eigenvalue weighted by Crippen LogP contribution is 2.38. The molecule has 98 valence electrons. The zero-order valence-electron chi connectivity index (χ0n) is 10.1. The molecule has 4 heteroatoms. The molecule has 0 saturated carbocycles. The van der Waals surface area contributed by atoms with Crippen molar-refractivity contribution < 1.29 is 13.2 Å². The zero-order chi connectivity index (χ0) is 12.8. The zero-order valence-corrected chi connectivity index (χ0v) is 10.1. The van der Waals surface area contributed by atoms with E-state index in [4.69, 9.17) is 0 Å². The van der Waals surface area contributed by atoms with Crippen LogP contribution in [-0.2, 0) is 6.42 Å². The van der Waals surface area contributed by atoms with Crippen molar-refractivity contribution in [3.8, 4) is 0 Å². The molecule has 1 N–H and O–H groups in total. The van der Waals surface area contributed by atoms with Crippen molar-refractivity contribution in [2.45, 2.75) is 49.9 Å². The van der Waals surface area contributed by atoms with Crippen LogP contribution in [-0.4, -0.2) is 17.8 Å². The van der Waals surface area contributed by atoms with Gasteiger partial charge in [-0.1, -0.05) is 6.07 Å². The average Bonchev–Trinajstić information content (AvgIpc) is 2.64. The lowest BCUT2D eigenvalue weighted by atomic mass is 9.84. The first kappa shape index (κ1) is 12.0. The molecular weight excluding hydrogens is 239 g/mol. The second kappa shape index (κ2) is 4.26. The van der Waals surface area contributed by atoms with E-state index in [2.05, 4.69) is 5.32 Å². The van der Waals surface area contributed by atoms with E-state index in [0.717, 1.165) is 25.0 Å². The third-order valence-electron chi connectivity index (χ3n) is 4.06. The summed E-state index contributed by atoms with van der Waals surface area (Å²) in [6.07, 6.45) is 3.17. The highest BCUT2D eigenvalue weighted by atomic mass is 19.2. The van der Waals surface area contributed by atoms with Gasteiger partial charge in [0.05, 0.1) is 0 Å². The minimum atomic E-state index is -1.28. The number of rotatable bonds is 2. The fourth-order valence-electron chi connectivity index (χ4n) is 3.35. The third kappa shape index (κ3) is 2.26. The predicted molar refractivity (Wildman–Crippen MR) is 63.1 cm³/mol. The molecule has 3 rings (SSSR count). The van der Waals surface area contributed by atoms with Crippen molar-refractivity contribution >= 4 is 0 Å². The number of halogens is 3. The second-order valence-electron chi connectivity index (χ2n) is 5.62. The summed E-state index contributed by atoms with van der Waals surface area (Å²) in [6, 6.07) is 4.16. The fraction of sp³-hybridized carbons (Fsp3) is 0.571. The van der Waals surface area contributed by atoms with Crippen LogP contribution in [0.25, 0.3) is 0 Å². The number of hydrogen-bond acceptors (Lipinski definition) is 1.